The fraction of sp³-hybridized carbons (Fsp3) is 0.500. The van der Waals surface area contributed by atoms with Crippen LogP contribution in [0, 0.1) is 6.92 Å². The van der Waals surface area contributed by atoms with Crippen LogP contribution in [0.1, 0.15) is 23.3 Å². The first-order chi connectivity index (χ1) is 8.52. The average Bonchev–Trinajstić information content (AvgIpc) is 3.08. The van der Waals surface area contributed by atoms with E-state index in [0.717, 1.165) is 23.3 Å². The van der Waals surface area contributed by atoms with Crippen molar-refractivity contribution in [3.63, 3.8) is 0 Å². The van der Waals surface area contributed by atoms with Gasteiger partial charge in [0.2, 0.25) is 10.0 Å². The molecule has 1 aromatic rings. The molecule has 0 unspecified atom stereocenters. The van der Waals surface area contributed by atoms with Crippen LogP contribution in [0.5, 0.6) is 0 Å². The maximum absolute atomic E-state index is 12.7. The first kappa shape index (κ1) is 13.7. The van der Waals surface area contributed by atoms with E-state index in [1.165, 1.54) is 11.3 Å². The Morgan fingerprint density at radius 3 is 2.78 bits per heavy atom. The highest BCUT2D eigenvalue weighted by Crippen LogP contribution is 2.35. The van der Waals surface area contributed by atoms with E-state index >= 15 is 0 Å². The molecule has 2 rings (SSSR count). The molecule has 100 valence electrons. The molecule has 18 heavy (non-hydrogen) atoms. The van der Waals surface area contributed by atoms with Gasteiger partial charge in [0.15, 0.2) is 0 Å². The van der Waals surface area contributed by atoms with Crippen molar-refractivity contribution in [1.29, 1.82) is 0 Å². The SMILES string of the molecule is C=CCN(C1CC1)S(=O)(=O)c1c(C)csc1CN. The monoisotopic (exact) mass is 286 g/mol. The zero-order valence-corrected chi connectivity index (χ0v) is 12.1. The summed E-state index contributed by atoms with van der Waals surface area (Å²) in [5.74, 6) is 0. The molecule has 4 nitrogen and oxygen atoms in total. The quantitative estimate of drug-likeness (QED) is 0.812. The van der Waals surface area contributed by atoms with E-state index < -0.39 is 10.0 Å². The Bertz CT molecular complexity index is 544. The highest BCUT2D eigenvalue weighted by atomic mass is 32.2. The lowest BCUT2D eigenvalue weighted by atomic mass is 10.3. The summed E-state index contributed by atoms with van der Waals surface area (Å²) in [6.07, 6.45) is 3.52. The molecule has 0 radical (unpaired) electrons. The Morgan fingerprint density at radius 2 is 2.28 bits per heavy atom. The largest absolute Gasteiger partial charge is 0.326 e. The third-order valence-corrected chi connectivity index (χ3v) is 6.41. The van der Waals surface area contributed by atoms with Crippen LogP contribution in [0.25, 0.3) is 0 Å². The second kappa shape index (κ2) is 5.13. The zero-order valence-electron chi connectivity index (χ0n) is 10.4. The van der Waals surface area contributed by atoms with Crippen molar-refractivity contribution in [1.82, 2.24) is 4.31 Å². The summed E-state index contributed by atoms with van der Waals surface area (Å²) in [7, 11) is -3.44. The van der Waals surface area contributed by atoms with Crippen molar-refractivity contribution in [3.05, 3.63) is 28.5 Å². The molecular weight excluding hydrogens is 268 g/mol. The molecule has 0 amide bonds. The van der Waals surface area contributed by atoms with Crippen molar-refractivity contribution < 1.29 is 8.42 Å². The van der Waals surface area contributed by atoms with Gasteiger partial charge in [0.25, 0.3) is 0 Å². The Kier molecular flexibility index (Phi) is 3.91. The van der Waals surface area contributed by atoms with E-state index in [9.17, 15) is 8.42 Å². The second-order valence-corrected chi connectivity index (χ2v) is 7.26. The predicted octanol–water partition coefficient (Wildman–Crippen LogP) is 1.85. The summed E-state index contributed by atoms with van der Waals surface area (Å²) in [5.41, 5.74) is 6.42. The van der Waals surface area contributed by atoms with Gasteiger partial charge in [-0.2, -0.15) is 4.31 Å². The molecule has 0 aromatic carbocycles. The number of hydrogen-bond donors (Lipinski definition) is 1. The van der Waals surface area contributed by atoms with Crippen molar-refractivity contribution >= 4 is 21.4 Å². The average molecular weight is 286 g/mol. The molecule has 6 heteroatoms. The smallest absolute Gasteiger partial charge is 0.245 e. The van der Waals surface area contributed by atoms with Gasteiger partial charge in [-0.25, -0.2) is 8.42 Å². The zero-order chi connectivity index (χ0) is 13.3. The van der Waals surface area contributed by atoms with E-state index in [1.54, 1.807) is 10.4 Å². The third kappa shape index (κ3) is 2.38. The highest BCUT2D eigenvalue weighted by Gasteiger charge is 2.39. The van der Waals surface area contributed by atoms with Crippen molar-refractivity contribution in [2.45, 2.75) is 37.2 Å². The Hall–Kier alpha value is -0.690. The number of rotatable bonds is 6. The summed E-state index contributed by atoms with van der Waals surface area (Å²) in [4.78, 5) is 1.14. The lowest BCUT2D eigenvalue weighted by Gasteiger charge is -2.21. The lowest BCUT2D eigenvalue weighted by Crippen LogP contribution is -2.34. The number of hydrogen-bond acceptors (Lipinski definition) is 4. The molecule has 1 aromatic heterocycles. The Labute approximate surface area is 112 Å². The van der Waals surface area contributed by atoms with Gasteiger partial charge in [0.05, 0.1) is 0 Å². The maximum atomic E-state index is 12.7. The molecule has 1 aliphatic rings. The Morgan fingerprint density at radius 1 is 1.61 bits per heavy atom. The predicted molar refractivity (Wildman–Crippen MR) is 74.1 cm³/mol. The van der Waals surface area contributed by atoms with Crippen LogP contribution in [-0.2, 0) is 16.6 Å². The summed E-state index contributed by atoms with van der Waals surface area (Å²) in [6, 6.07) is 0.137. The summed E-state index contributed by atoms with van der Waals surface area (Å²) >= 11 is 1.41. The van der Waals surface area contributed by atoms with E-state index in [0.29, 0.717) is 11.4 Å². The molecule has 0 bridgehead atoms. The molecule has 1 heterocycles. The van der Waals surface area contributed by atoms with Gasteiger partial charge in [-0.3, -0.25) is 0 Å². The molecule has 0 saturated heterocycles. The molecule has 1 fully saturated rings. The van der Waals surface area contributed by atoms with Crippen LogP contribution in [0.4, 0.5) is 0 Å². The van der Waals surface area contributed by atoms with Gasteiger partial charge in [-0.1, -0.05) is 6.08 Å². The van der Waals surface area contributed by atoms with Gasteiger partial charge < -0.3 is 5.73 Å². The molecule has 0 spiro atoms. The fourth-order valence-electron chi connectivity index (χ4n) is 2.03. The van der Waals surface area contributed by atoms with Gasteiger partial charge in [0.1, 0.15) is 4.90 Å². The van der Waals surface area contributed by atoms with E-state index in [4.69, 9.17) is 5.73 Å². The lowest BCUT2D eigenvalue weighted by molar-refractivity contribution is 0.435. The summed E-state index contributed by atoms with van der Waals surface area (Å²) in [5, 5.41) is 1.86. The van der Waals surface area contributed by atoms with Crippen molar-refractivity contribution in [3.8, 4) is 0 Å². The molecule has 1 saturated carbocycles. The summed E-state index contributed by atoms with van der Waals surface area (Å²) < 4.78 is 26.9. The minimum Gasteiger partial charge on any atom is -0.326 e. The van der Waals surface area contributed by atoms with Crippen LogP contribution in [-0.4, -0.2) is 25.3 Å². The van der Waals surface area contributed by atoms with E-state index in [2.05, 4.69) is 6.58 Å². The molecule has 0 atom stereocenters. The third-order valence-electron chi connectivity index (χ3n) is 3.00. The molecule has 0 aliphatic heterocycles. The number of sulfonamides is 1. The van der Waals surface area contributed by atoms with Crippen molar-refractivity contribution in [2.24, 2.45) is 5.73 Å². The van der Waals surface area contributed by atoms with Crippen LogP contribution in [0.15, 0.2) is 22.9 Å². The van der Waals surface area contributed by atoms with E-state index in [1.807, 2.05) is 12.3 Å². The first-order valence-corrected chi connectivity index (χ1v) is 8.24. The summed E-state index contributed by atoms with van der Waals surface area (Å²) in [6.45, 7) is 6.09. The number of nitrogens with zero attached hydrogens (tertiary/aromatic N) is 1. The number of nitrogens with two attached hydrogens (primary N) is 1. The minimum atomic E-state index is -3.44. The molecular formula is C12H18N2O2S2. The topological polar surface area (TPSA) is 63.4 Å². The normalized spacial score (nSPS) is 16.2. The van der Waals surface area contributed by atoms with Gasteiger partial charge in [-0.15, -0.1) is 17.9 Å². The minimum absolute atomic E-state index is 0.137. The van der Waals surface area contributed by atoms with Gasteiger partial charge in [0, 0.05) is 24.0 Å². The van der Waals surface area contributed by atoms with Crippen LogP contribution >= 0.6 is 11.3 Å². The fourth-order valence-corrected chi connectivity index (χ4v) is 5.34. The first-order valence-electron chi connectivity index (χ1n) is 5.92. The van der Waals surface area contributed by atoms with Crippen LogP contribution < -0.4 is 5.73 Å². The van der Waals surface area contributed by atoms with Crippen LogP contribution in [0.3, 0.4) is 0 Å². The standard InChI is InChI=1S/C12H18N2O2S2/c1-3-6-14(10-4-5-10)18(15,16)12-9(2)8-17-11(12)7-13/h3,8,10H,1,4-7,13H2,2H3. The maximum Gasteiger partial charge on any atom is 0.245 e. The Balaban J connectivity index is 2.45. The van der Waals surface area contributed by atoms with Crippen LogP contribution in [0.2, 0.25) is 0 Å². The molecule has 1 aliphatic carbocycles. The second-order valence-electron chi connectivity index (χ2n) is 4.47. The van der Waals surface area contributed by atoms with Gasteiger partial charge >= 0.3 is 0 Å². The van der Waals surface area contributed by atoms with Crippen molar-refractivity contribution in [2.75, 3.05) is 6.54 Å². The highest BCUT2D eigenvalue weighted by molar-refractivity contribution is 7.89. The van der Waals surface area contributed by atoms with Gasteiger partial charge in [-0.05, 0) is 30.7 Å². The number of aryl methyl sites for hydroxylation is 1. The molecule has 2 N–H and O–H groups in total. The van der Waals surface area contributed by atoms with E-state index in [-0.39, 0.29) is 12.6 Å². The number of thiophene rings is 1.